The van der Waals surface area contributed by atoms with Crippen LogP contribution in [0.5, 0.6) is 0 Å². The first-order valence-electron chi connectivity index (χ1n) is 9.07. The van der Waals surface area contributed by atoms with Crippen LogP contribution in [0.2, 0.25) is 5.02 Å². The first-order valence-corrected chi connectivity index (χ1v) is 9.44. The van der Waals surface area contributed by atoms with E-state index in [4.69, 9.17) is 11.6 Å². The number of carbonyl (C=O) groups is 1. The SMILES string of the molecule is O=C(c1cn(-c2ccccc2)c2c1CCCC2)c1c(Cl)cccc1C(F)(F)F. The van der Waals surface area contributed by atoms with Crippen LogP contribution in [-0.4, -0.2) is 10.4 Å². The van der Waals surface area contributed by atoms with Crippen LogP contribution in [0.15, 0.2) is 54.7 Å². The maximum Gasteiger partial charge on any atom is 0.417 e. The van der Waals surface area contributed by atoms with E-state index in [-0.39, 0.29) is 5.02 Å². The third-order valence-corrected chi connectivity index (χ3v) is 5.45. The van der Waals surface area contributed by atoms with Crippen molar-refractivity contribution < 1.29 is 18.0 Å². The third-order valence-electron chi connectivity index (χ3n) is 5.14. The summed E-state index contributed by atoms with van der Waals surface area (Å²) in [6.07, 6.45) is 0.349. The van der Waals surface area contributed by atoms with Gasteiger partial charge in [0.1, 0.15) is 0 Å². The number of hydrogen-bond acceptors (Lipinski definition) is 1. The summed E-state index contributed by atoms with van der Waals surface area (Å²) in [6.45, 7) is 0. The van der Waals surface area contributed by atoms with Gasteiger partial charge in [-0.25, -0.2) is 0 Å². The quantitative estimate of drug-likeness (QED) is 0.473. The number of rotatable bonds is 3. The Morgan fingerprint density at radius 2 is 1.68 bits per heavy atom. The molecule has 1 aliphatic carbocycles. The summed E-state index contributed by atoms with van der Waals surface area (Å²) in [6, 6.07) is 12.9. The Hall–Kier alpha value is -2.53. The Balaban J connectivity index is 1.90. The minimum absolute atomic E-state index is 0.183. The van der Waals surface area contributed by atoms with Crippen molar-refractivity contribution in [2.24, 2.45) is 0 Å². The number of aromatic nitrogens is 1. The van der Waals surface area contributed by atoms with Gasteiger partial charge in [-0.15, -0.1) is 0 Å². The number of carbonyl (C=O) groups excluding carboxylic acids is 1. The minimum Gasteiger partial charge on any atom is -0.320 e. The van der Waals surface area contributed by atoms with Crippen LogP contribution in [0, 0.1) is 0 Å². The molecule has 2 aromatic carbocycles. The standard InChI is InChI=1S/C22H17ClF3NO/c23-18-11-6-10-17(22(24,25)26)20(18)21(28)16-13-27(14-7-2-1-3-8-14)19-12-5-4-9-15(16)19/h1-3,6-8,10-11,13H,4-5,9,12H2. The van der Waals surface area contributed by atoms with Gasteiger partial charge in [-0.2, -0.15) is 13.2 Å². The molecule has 1 aromatic heterocycles. The van der Waals surface area contributed by atoms with E-state index in [0.717, 1.165) is 42.3 Å². The predicted octanol–water partition coefficient (Wildman–Crippen LogP) is 6.26. The number of alkyl halides is 3. The minimum atomic E-state index is -4.65. The molecule has 0 aliphatic heterocycles. The highest BCUT2D eigenvalue weighted by atomic mass is 35.5. The van der Waals surface area contributed by atoms with Crippen molar-refractivity contribution in [3.63, 3.8) is 0 Å². The predicted molar refractivity (Wildman–Crippen MR) is 102 cm³/mol. The molecule has 144 valence electrons. The molecule has 4 rings (SSSR count). The van der Waals surface area contributed by atoms with E-state index in [1.54, 1.807) is 6.20 Å². The first kappa shape index (κ1) is 18.8. The van der Waals surface area contributed by atoms with Crippen LogP contribution >= 0.6 is 11.6 Å². The lowest BCUT2D eigenvalue weighted by Crippen LogP contribution is -2.15. The van der Waals surface area contributed by atoms with Gasteiger partial charge in [0, 0.05) is 23.1 Å². The van der Waals surface area contributed by atoms with Gasteiger partial charge in [-0.1, -0.05) is 35.9 Å². The van der Waals surface area contributed by atoms with Crippen molar-refractivity contribution in [2.45, 2.75) is 31.9 Å². The van der Waals surface area contributed by atoms with E-state index < -0.39 is 23.1 Å². The monoisotopic (exact) mass is 403 g/mol. The summed E-state index contributed by atoms with van der Waals surface area (Å²) in [5.41, 5.74) is 1.53. The van der Waals surface area contributed by atoms with Crippen molar-refractivity contribution in [1.29, 1.82) is 0 Å². The second-order valence-corrected chi connectivity index (χ2v) is 7.28. The summed E-state index contributed by atoms with van der Waals surface area (Å²) >= 11 is 6.06. The molecule has 0 spiro atoms. The van der Waals surface area contributed by atoms with Crippen molar-refractivity contribution in [1.82, 2.24) is 4.57 Å². The second kappa shape index (κ2) is 7.13. The zero-order chi connectivity index (χ0) is 19.9. The number of halogens is 4. The molecule has 0 amide bonds. The van der Waals surface area contributed by atoms with Gasteiger partial charge in [0.2, 0.25) is 0 Å². The van der Waals surface area contributed by atoms with Gasteiger partial charge in [0.25, 0.3) is 0 Å². The van der Waals surface area contributed by atoms with Crippen molar-refractivity contribution in [3.05, 3.63) is 87.7 Å². The van der Waals surface area contributed by atoms with Crippen molar-refractivity contribution >= 4 is 17.4 Å². The Morgan fingerprint density at radius 1 is 0.964 bits per heavy atom. The Bertz CT molecular complexity index is 1040. The zero-order valence-corrected chi connectivity index (χ0v) is 15.6. The number of benzene rings is 2. The normalized spacial score (nSPS) is 14.0. The van der Waals surface area contributed by atoms with E-state index in [0.29, 0.717) is 12.0 Å². The first-order chi connectivity index (χ1) is 13.4. The van der Waals surface area contributed by atoms with Crippen LogP contribution in [0.1, 0.15) is 45.6 Å². The lowest BCUT2D eigenvalue weighted by molar-refractivity contribution is -0.137. The fourth-order valence-electron chi connectivity index (χ4n) is 3.87. The maximum absolute atomic E-state index is 13.5. The molecule has 1 aliphatic rings. The molecular formula is C22H17ClF3NO. The van der Waals surface area contributed by atoms with Crippen LogP contribution < -0.4 is 0 Å². The van der Waals surface area contributed by atoms with E-state index in [2.05, 4.69) is 0 Å². The van der Waals surface area contributed by atoms with Gasteiger partial charge in [-0.05, 0) is 55.5 Å². The molecule has 0 saturated carbocycles. The fourth-order valence-corrected chi connectivity index (χ4v) is 4.13. The molecule has 0 N–H and O–H groups in total. The zero-order valence-electron chi connectivity index (χ0n) is 14.9. The average molecular weight is 404 g/mol. The molecule has 0 saturated heterocycles. The third kappa shape index (κ3) is 3.24. The molecule has 0 atom stereocenters. The van der Waals surface area contributed by atoms with E-state index >= 15 is 0 Å². The molecular weight excluding hydrogens is 387 g/mol. The molecule has 3 aromatic rings. The smallest absolute Gasteiger partial charge is 0.320 e. The maximum atomic E-state index is 13.5. The Labute approximate surface area is 165 Å². The van der Waals surface area contributed by atoms with Gasteiger partial charge >= 0.3 is 6.18 Å². The molecule has 28 heavy (non-hydrogen) atoms. The summed E-state index contributed by atoms with van der Waals surface area (Å²) in [4.78, 5) is 13.3. The summed E-state index contributed by atoms with van der Waals surface area (Å²) in [5, 5.41) is -0.183. The highest BCUT2D eigenvalue weighted by Gasteiger charge is 2.37. The molecule has 0 fully saturated rings. The number of ketones is 1. The van der Waals surface area contributed by atoms with Crippen LogP contribution in [0.3, 0.4) is 0 Å². The van der Waals surface area contributed by atoms with Gasteiger partial charge < -0.3 is 4.57 Å². The average Bonchev–Trinajstić information content (AvgIpc) is 3.07. The van der Waals surface area contributed by atoms with Crippen molar-refractivity contribution in [2.75, 3.05) is 0 Å². The van der Waals surface area contributed by atoms with Crippen molar-refractivity contribution in [3.8, 4) is 5.69 Å². The van der Waals surface area contributed by atoms with Gasteiger partial charge in [0.05, 0.1) is 16.1 Å². The fraction of sp³-hybridized carbons (Fsp3) is 0.227. The summed E-state index contributed by atoms with van der Waals surface area (Å²) in [7, 11) is 0. The lowest BCUT2D eigenvalue weighted by atomic mass is 9.90. The van der Waals surface area contributed by atoms with Crippen LogP contribution in [-0.2, 0) is 19.0 Å². The molecule has 0 unspecified atom stereocenters. The van der Waals surface area contributed by atoms with E-state index in [1.807, 2.05) is 34.9 Å². The summed E-state index contributed by atoms with van der Waals surface area (Å²) in [5.74, 6) is -0.675. The van der Waals surface area contributed by atoms with Crippen LogP contribution in [0.25, 0.3) is 5.69 Å². The molecule has 6 heteroatoms. The molecule has 0 bridgehead atoms. The molecule has 2 nitrogen and oxygen atoms in total. The van der Waals surface area contributed by atoms with Gasteiger partial charge in [0.15, 0.2) is 5.78 Å². The van der Waals surface area contributed by atoms with E-state index in [9.17, 15) is 18.0 Å². The molecule has 0 radical (unpaired) electrons. The number of para-hydroxylation sites is 1. The molecule has 1 heterocycles. The number of fused-ring (bicyclic) bond motifs is 1. The second-order valence-electron chi connectivity index (χ2n) is 6.87. The Morgan fingerprint density at radius 3 is 2.39 bits per heavy atom. The topological polar surface area (TPSA) is 22.0 Å². The summed E-state index contributed by atoms with van der Waals surface area (Å²) < 4.78 is 42.4. The largest absolute Gasteiger partial charge is 0.417 e. The number of hydrogen-bond donors (Lipinski definition) is 0. The number of nitrogens with zero attached hydrogens (tertiary/aromatic N) is 1. The van der Waals surface area contributed by atoms with E-state index in [1.165, 1.54) is 12.1 Å². The highest BCUT2D eigenvalue weighted by Crippen LogP contribution is 2.38. The highest BCUT2D eigenvalue weighted by molar-refractivity contribution is 6.35. The van der Waals surface area contributed by atoms with Gasteiger partial charge in [-0.3, -0.25) is 4.79 Å². The Kier molecular flexibility index (Phi) is 4.79. The van der Waals surface area contributed by atoms with Crippen LogP contribution in [0.4, 0.5) is 13.2 Å². The lowest BCUT2D eigenvalue weighted by Gasteiger charge is -2.17.